The topological polar surface area (TPSA) is 262 Å². The van der Waals surface area contributed by atoms with Crippen LogP contribution in [0, 0.1) is 0 Å². The Morgan fingerprint density at radius 2 is 0.803 bits per heavy atom. The maximum atomic E-state index is 12.4. The number of carbonyl (C=O) groups excluding carboxylic acids is 1. The number of allylic oxidation sites excluding steroid dienone is 3. The number of hydrogen-bond donors (Lipinski definition) is 6. The molecule has 0 saturated heterocycles. The number of esters is 1. The van der Waals surface area contributed by atoms with Gasteiger partial charge in [-0.1, -0.05) is 61.3 Å². The normalized spacial score (nSPS) is 12.2. The summed E-state index contributed by atoms with van der Waals surface area (Å²) in [4.78, 5) is 32.6. The molecule has 0 heterocycles. The number of carboxylic acids is 2. The number of azo groups is 3. The smallest absolute Gasteiger partial charge is 0.451 e. The highest BCUT2D eigenvalue weighted by molar-refractivity contribution is 6.31. The van der Waals surface area contributed by atoms with Crippen LogP contribution in [-0.2, 0) is 19.1 Å². The molecule has 0 aromatic heterocycles. The molecule has 66 heavy (non-hydrogen) atoms. The third kappa shape index (κ3) is 23.8. The van der Waals surface area contributed by atoms with E-state index in [1.807, 2.05) is 0 Å². The zero-order chi connectivity index (χ0) is 48.8. The first-order chi connectivity index (χ1) is 29.8. The van der Waals surface area contributed by atoms with Gasteiger partial charge in [0.2, 0.25) is 28.6 Å². The van der Waals surface area contributed by atoms with Gasteiger partial charge in [-0.25, -0.2) is 14.4 Å². The van der Waals surface area contributed by atoms with Crippen molar-refractivity contribution in [2.45, 2.75) is 41.1 Å². The average Bonchev–Trinajstić information content (AvgIpc) is 3.21. The van der Waals surface area contributed by atoms with E-state index in [-0.39, 0.29) is 32.8 Å². The molecule has 358 valence electrons. The highest BCUT2D eigenvalue weighted by atomic mass is 35.5. The van der Waals surface area contributed by atoms with Crippen LogP contribution in [0.25, 0.3) is 0 Å². The van der Waals surface area contributed by atoms with Crippen LogP contribution in [0.3, 0.4) is 0 Å². The van der Waals surface area contributed by atoms with Gasteiger partial charge in [0.15, 0.2) is 0 Å². The summed E-state index contributed by atoms with van der Waals surface area (Å²) in [6, 6.07) is 24.5. The van der Waals surface area contributed by atoms with Crippen LogP contribution in [0.15, 0.2) is 162 Å². The van der Waals surface area contributed by atoms with E-state index in [1.54, 1.807) is 48.5 Å². The molecule has 0 aliphatic heterocycles. The van der Waals surface area contributed by atoms with Crippen molar-refractivity contribution in [2.24, 2.45) is 30.7 Å². The summed E-state index contributed by atoms with van der Waals surface area (Å²) >= 11 is 22.4. The number of nitrogen functional groups attached to an aromatic ring is 1. The second-order valence-electron chi connectivity index (χ2n) is 11.2. The Morgan fingerprint density at radius 3 is 1.06 bits per heavy atom. The van der Waals surface area contributed by atoms with Crippen LogP contribution in [0.2, 0.25) is 20.1 Å². The number of aliphatic hydroxyl groups excluding tert-OH is 3. The molecule has 16 nitrogen and oxygen atoms in total. The van der Waals surface area contributed by atoms with Crippen molar-refractivity contribution in [3.63, 3.8) is 0 Å². The van der Waals surface area contributed by atoms with Gasteiger partial charge in [-0.2, -0.15) is 41.7 Å². The number of carboxylic acid groups (broad SMARTS) is 2. The Bertz CT molecular complexity index is 2360. The fourth-order valence-corrected chi connectivity index (χ4v) is 3.93. The molecule has 0 aliphatic rings. The van der Waals surface area contributed by atoms with Crippen molar-refractivity contribution in [1.29, 1.82) is 0 Å². The molecule has 4 rings (SSSR count). The number of benzene rings is 4. The number of nitrogens with two attached hydrogens (primary N) is 1. The minimum atomic E-state index is -5.22. The van der Waals surface area contributed by atoms with E-state index in [2.05, 4.69) is 35.4 Å². The Labute approximate surface area is 392 Å². The van der Waals surface area contributed by atoms with Gasteiger partial charge >= 0.3 is 30.3 Å². The number of ether oxygens (including phenoxy) is 1. The Morgan fingerprint density at radius 1 is 0.530 bits per heavy atom. The Kier molecular flexibility index (Phi) is 27.6. The molecule has 4 aromatic rings. The summed E-state index contributed by atoms with van der Waals surface area (Å²) in [6.07, 6.45) is -10.4. The third-order valence-corrected chi connectivity index (χ3v) is 7.36. The van der Waals surface area contributed by atoms with E-state index in [9.17, 15) is 40.7 Å². The molecular weight excluding hydrogens is 978 g/mol. The summed E-state index contributed by atoms with van der Waals surface area (Å²) in [6.45, 7) is 2.45. The van der Waals surface area contributed by atoms with E-state index in [4.69, 9.17) is 77.7 Å². The SMILES string of the molecule is C.C.CC(O)=C(N=Nc1ccc(Cl)cc1)C(=O)O.CCOC(=O)C(N=Nc1ccc(Cl)cc1)=C(O)C(F)(F)F.Nc1ccc(Cl)cc1.O=C(O)C(N=Nc1ccc(Cl)cc1)=C(O)C(F)(F)F. The highest BCUT2D eigenvalue weighted by Gasteiger charge is 2.40. The van der Waals surface area contributed by atoms with E-state index >= 15 is 0 Å². The minimum absolute atomic E-state index is 0. The summed E-state index contributed by atoms with van der Waals surface area (Å²) in [5.74, 6) is -9.70. The average molecular weight is 1020 g/mol. The van der Waals surface area contributed by atoms with Crippen molar-refractivity contribution in [3.8, 4) is 0 Å². The summed E-state index contributed by atoms with van der Waals surface area (Å²) in [7, 11) is 0. The number of anilines is 1. The maximum Gasteiger partial charge on any atom is 0.451 e. The summed E-state index contributed by atoms with van der Waals surface area (Å²) in [5.41, 5.74) is 3.39. The zero-order valence-corrected chi connectivity index (χ0v) is 35.4. The van der Waals surface area contributed by atoms with Crippen LogP contribution < -0.4 is 5.73 Å². The maximum absolute atomic E-state index is 12.4. The Balaban J connectivity index is 0. The van der Waals surface area contributed by atoms with Gasteiger partial charge < -0.3 is 36.0 Å². The van der Waals surface area contributed by atoms with E-state index in [0.29, 0.717) is 20.8 Å². The molecule has 7 N–H and O–H groups in total. The first-order valence-corrected chi connectivity index (χ1v) is 18.3. The molecule has 0 spiro atoms. The van der Waals surface area contributed by atoms with Gasteiger partial charge in [0, 0.05) is 25.8 Å². The quantitative estimate of drug-likeness (QED) is 0.0218. The second kappa shape index (κ2) is 29.6. The fraction of sp³-hybridized carbons (Fsp3) is 0.175. The van der Waals surface area contributed by atoms with Gasteiger partial charge in [-0.15, -0.1) is 15.3 Å². The molecule has 4 aromatic carbocycles. The van der Waals surface area contributed by atoms with Gasteiger partial charge in [0.25, 0.3) is 0 Å². The molecule has 0 saturated carbocycles. The number of hydrogen-bond acceptors (Lipinski definition) is 14. The lowest BCUT2D eigenvalue weighted by molar-refractivity contribution is -0.143. The monoisotopic (exact) mass is 1020 g/mol. The standard InChI is InChI=1S/C12H10ClF3N2O3.C10H6ClF3N2O3.C10H9ClN2O3.C6H6ClN.2CH4/c1-2-21-11(20)9(10(19)12(14,15)16)18-17-8-5-3-7(13)4-6-8;11-5-1-3-6(4-2-5)15-16-7(9(18)19)8(17)10(12,13)14;1-6(14)9(10(15)16)13-12-8-4-2-7(11)3-5-8;7-5-1-3-6(8)4-2-5;;/h3-6,19H,2H2,1H3;1-4,17H,(H,18,19);2-5,14H,1H3,(H,15,16);1-4H,8H2;2*1H4. The number of halogens is 10. The van der Waals surface area contributed by atoms with Gasteiger partial charge in [-0.3, -0.25) is 0 Å². The molecule has 0 radical (unpaired) electrons. The van der Waals surface area contributed by atoms with Crippen molar-refractivity contribution in [3.05, 3.63) is 152 Å². The van der Waals surface area contributed by atoms with Crippen LogP contribution in [-0.4, -0.2) is 62.4 Å². The van der Waals surface area contributed by atoms with Gasteiger partial charge in [-0.05, 0) is 111 Å². The molecule has 0 aliphatic carbocycles. The van der Waals surface area contributed by atoms with Crippen molar-refractivity contribution < 1.29 is 71.0 Å². The lowest BCUT2D eigenvalue weighted by atomic mass is 10.3. The van der Waals surface area contributed by atoms with Crippen LogP contribution in [0.5, 0.6) is 0 Å². The predicted octanol–water partition coefficient (Wildman–Crippen LogP) is 14.7. The first kappa shape index (κ1) is 61.3. The minimum Gasteiger partial charge on any atom is -0.510 e. The molecule has 0 atom stereocenters. The number of aliphatic carboxylic acids is 2. The van der Waals surface area contributed by atoms with Crippen molar-refractivity contribution >= 4 is 87.1 Å². The fourth-order valence-electron chi connectivity index (χ4n) is 3.42. The molecule has 0 bridgehead atoms. The van der Waals surface area contributed by atoms with Crippen molar-refractivity contribution in [2.75, 3.05) is 12.3 Å². The number of carbonyl (C=O) groups is 3. The van der Waals surface area contributed by atoms with Crippen LogP contribution in [0.1, 0.15) is 28.7 Å². The molecule has 0 fully saturated rings. The van der Waals surface area contributed by atoms with Crippen molar-refractivity contribution in [1.82, 2.24) is 0 Å². The third-order valence-electron chi connectivity index (χ3n) is 6.35. The second-order valence-corrected chi connectivity index (χ2v) is 13.0. The first-order valence-electron chi connectivity index (χ1n) is 16.8. The lowest BCUT2D eigenvalue weighted by Gasteiger charge is -2.08. The van der Waals surface area contributed by atoms with E-state index < -0.39 is 64.6 Å². The van der Waals surface area contributed by atoms with E-state index in [0.717, 1.165) is 10.7 Å². The number of aliphatic hydroxyl groups is 3. The molecular formula is C40H39Cl4F6N7O9. The lowest BCUT2D eigenvalue weighted by Crippen LogP contribution is -2.18. The zero-order valence-electron chi connectivity index (χ0n) is 32.4. The molecule has 0 unspecified atom stereocenters. The summed E-state index contributed by atoms with van der Waals surface area (Å²) in [5, 5.41) is 65.9. The van der Waals surface area contributed by atoms with Crippen LogP contribution >= 0.6 is 46.4 Å². The van der Waals surface area contributed by atoms with Gasteiger partial charge in [0.05, 0.1) is 23.7 Å². The van der Waals surface area contributed by atoms with Crippen LogP contribution in [0.4, 0.5) is 49.1 Å². The van der Waals surface area contributed by atoms with Gasteiger partial charge in [0.1, 0.15) is 5.76 Å². The largest absolute Gasteiger partial charge is 0.510 e. The number of rotatable bonds is 10. The number of nitrogens with zero attached hydrogens (tertiary/aromatic N) is 6. The van der Waals surface area contributed by atoms with E-state index in [1.165, 1.54) is 62.4 Å². The predicted molar refractivity (Wildman–Crippen MR) is 236 cm³/mol. The Hall–Kier alpha value is -6.75. The number of alkyl halides is 6. The highest BCUT2D eigenvalue weighted by Crippen LogP contribution is 2.29. The molecule has 0 amide bonds. The summed E-state index contributed by atoms with van der Waals surface area (Å²) < 4.78 is 78.2. The molecule has 26 heteroatoms.